The van der Waals surface area contributed by atoms with Crippen LogP contribution < -0.4 is 4.74 Å². The summed E-state index contributed by atoms with van der Waals surface area (Å²) in [6, 6.07) is 8.08. The minimum atomic E-state index is 0. The van der Waals surface area contributed by atoms with Crippen LogP contribution in [0.25, 0.3) is 0 Å². The van der Waals surface area contributed by atoms with Gasteiger partial charge < -0.3 is 4.74 Å². The molecule has 1 aromatic carbocycles. The van der Waals surface area contributed by atoms with E-state index in [0.29, 0.717) is 0 Å². The normalized spacial score (nSPS) is 11.7. The van der Waals surface area contributed by atoms with Gasteiger partial charge in [-0.1, -0.05) is 18.2 Å². The second kappa shape index (κ2) is 5.16. The summed E-state index contributed by atoms with van der Waals surface area (Å²) < 4.78 is 5.24. The third kappa shape index (κ3) is 2.22. The van der Waals surface area contributed by atoms with Crippen LogP contribution >= 0.6 is 0 Å². The summed E-state index contributed by atoms with van der Waals surface area (Å²) in [6.45, 7) is 0. The maximum absolute atomic E-state index is 5.24. The Bertz CT molecular complexity index is 241. The van der Waals surface area contributed by atoms with Crippen LogP contribution in [0.2, 0.25) is 0 Å². The number of hydrogen-bond donors (Lipinski definition) is 0. The van der Waals surface area contributed by atoms with E-state index in [4.69, 9.17) is 4.74 Å². The van der Waals surface area contributed by atoms with E-state index in [9.17, 15) is 0 Å². The molecule has 60 valence electrons. The van der Waals surface area contributed by atoms with Gasteiger partial charge in [-0.2, -0.15) is 0 Å². The van der Waals surface area contributed by atoms with Crippen LogP contribution in [0.4, 0.5) is 0 Å². The smallest absolute Gasteiger partial charge is 0.130 e. The Labute approximate surface area is 87.7 Å². The molecule has 0 spiro atoms. The molecule has 0 amide bonds. The number of fused-ring (bicyclic) bond motifs is 1. The number of benzene rings is 1. The van der Waals surface area contributed by atoms with Crippen molar-refractivity contribution in [1.82, 2.24) is 0 Å². The molecule has 1 aliphatic heterocycles. The molecule has 0 atom stereocenters. The van der Waals surface area contributed by atoms with Crippen molar-refractivity contribution in [3.8, 4) is 5.75 Å². The fourth-order valence-electron chi connectivity index (χ4n) is 1.08. The topological polar surface area (TPSA) is 9.23 Å². The van der Waals surface area contributed by atoms with Gasteiger partial charge in [-0.15, -0.1) is 0 Å². The van der Waals surface area contributed by atoms with Crippen molar-refractivity contribution in [3.05, 3.63) is 49.6 Å². The van der Waals surface area contributed by atoms with Crippen LogP contribution in [0.3, 0.4) is 0 Å². The summed E-state index contributed by atoms with van der Waals surface area (Å²) in [5.74, 6) is 0.991. The molecule has 0 aliphatic carbocycles. The number of allylic oxidation sites excluding steroid dienone is 1. The first-order valence-electron chi connectivity index (χ1n) is 3.36. The first-order chi connectivity index (χ1) is 4.97. The van der Waals surface area contributed by atoms with Gasteiger partial charge in [0.25, 0.3) is 0 Å². The molecule has 1 nitrogen and oxygen atoms in total. The van der Waals surface area contributed by atoms with Gasteiger partial charge in [-0.05, 0) is 24.1 Å². The maximum Gasteiger partial charge on any atom is 0.130 e. The predicted octanol–water partition coefficient (Wildman–Crippen LogP) is 2.21. The number of rotatable bonds is 0. The molecule has 4 radical (unpaired) electrons. The van der Waals surface area contributed by atoms with E-state index in [-0.39, 0.29) is 28.5 Å². The van der Waals surface area contributed by atoms with Crippen LogP contribution in [0, 0.1) is 7.43 Å². The first-order valence-corrected chi connectivity index (χ1v) is 3.36. The fraction of sp³-hybridized carbons (Fsp3) is 0.100. The Morgan fingerprint density at radius 3 is 2.67 bits per heavy atom. The van der Waals surface area contributed by atoms with E-state index in [1.54, 1.807) is 6.26 Å². The molecule has 2 heteroatoms. The SMILES string of the molecule is C1=COc2ccccc2C1.[C].[Mo]. The van der Waals surface area contributed by atoms with Crippen LogP contribution in [-0.2, 0) is 27.5 Å². The maximum atomic E-state index is 5.24. The molecule has 0 unspecified atom stereocenters. The average Bonchev–Trinajstić information content (AvgIpc) is 2.05. The summed E-state index contributed by atoms with van der Waals surface area (Å²) in [4.78, 5) is 0. The van der Waals surface area contributed by atoms with Crippen LogP contribution in [0.15, 0.2) is 36.6 Å². The predicted molar refractivity (Wildman–Crippen MR) is 43.2 cm³/mol. The third-order valence-corrected chi connectivity index (χ3v) is 1.60. The quantitative estimate of drug-likeness (QED) is 0.632. The molecule has 0 saturated heterocycles. The molecular weight excluding hydrogens is 232 g/mol. The van der Waals surface area contributed by atoms with Gasteiger partial charge in [0.15, 0.2) is 0 Å². The van der Waals surface area contributed by atoms with Gasteiger partial charge in [0.1, 0.15) is 5.75 Å². The third-order valence-electron chi connectivity index (χ3n) is 1.60. The van der Waals surface area contributed by atoms with Crippen LogP contribution in [0.1, 0.15) is 5.56 Å². The monoisotopic (exact) mass is 242 g/mol. The summed E-state index contributed by atoms with van der Waals surface area (Å²) in [6.07, 6.45) is 4.75. The van der Waals surface area contributed by atoms with Crippen LogP contribution in [0.5, 0.6) is 5.75 Å². The Morgan fingerprint density at radius 1 is 1.17 bits per heavy atom. The molecule has 1 aliphatic rings. The van der Waals surface area contributed by atoms with Gasteiger partial charge in [0, 0.05) is 28.5 Å². The minimum Gasteiger partial charge on any atom is -0.465 e. The fourth-order valence-corrected chi connectivity index (χ4v) is 1.08. The van der Waals surface area contributed by atoms with Gasteiger partial charge in [0.2, 0.25) is 0 Å². The van der Waals surface area contributed by atoms with Crippen molar-refractivity contribution in [1.29, 1.82) is 0 Å². The van der Waals surface area contributed by atoms with E-state index >= 15 is 0 Å². The molecule has 1 aromatic rings. The molecule has 0 fully saturated rings. The van der Waals surface area contributed by atoms with Crippen molar-refractivity contribution in [3.63, 3.8) is 0 Å². The number of para-hydroxylation sites is 1. The summed E-state index contributed by atoms with van der Waals surface area (Å²) in [7, 11) is 0. The van der Waals surface area contributed by atoms with Crippen molar-refractivity contribution in [2.24, 2.45) is 0 Å². The Kier molecular flexibility index (Phi) is 4.92. The van der Waals surface area contributed by atoms with E-state index in [1.165, 1.54) is 5.56 Å². The van der Waals surface area contributed by atoms with E-state index in [0.717, 1.165) is 12.2 Å². The van der Waals surface area contributed by atoms with Crippen molar-refractivity contribution in [2.45, 2.75) is 6.42 Å². The van der Waals surface area contributed by atoms with Crippen LogP contribution in [-0.4, -0.2) is 0 Å². The summed E-state index contributed by atoms with van der Waals surface area (Å²) in [5, 5.41) is 0. The molecular formula is C10H8MoO. The van der Waals surface area contributed by atoms with Crippen molar-refractivity contribution in [2.75, 3.05) is 0 Å². The average molecular weight is 240 g/mol. The Hall–Kier alpha value is -0.552. The standard InChI is InChI=1S/C9H8O.C.Mo/c1-2-6-9-8(4-1)5-3-7-10-9;;/h1-4,6-7H,5H2;;. The number of hydrogen-bond acceptors (Lipinski definition) is 1. The van der Waals surface area contributed by atoms with Gasteiger partial charge in [0.05, 0.1) is 6.26 Å². The zero-order chi connectivity index (χ0) is 6.81. The Balaban J connectivity index is 0.000000605. The van der Waals surface area contributed by atoms with Gasteiger partial charge >= 0.3 is 0 Å². The van der Waals surface area contributed by atoms with Gasteiger partial charge in [-0.25, -0.2) is 0 Å². The molecule has 0 aromatic heterocycles. The largest absolute Gasteiger partial charge is 0.465 e. The molecule has 0 bridgehead atoms. The first kappa shape index (κ1) is 11.4. The molecule has 0 N–H and O–H groups in total. The second-order valence-electron chi connectivity index (χ2n) is 2.30. The van der Waals surface area contributed by atoms with E-state index in [2.05, 4.69) is 6.07 Å². The minimum absolute atomic E-state index is 0. The number of ether oxygens (including phenoxy) is 1. The Morgan fingerprint density at radius 2 is 1.92 bits per heavy atom. The second-order valence-corrected chi connectivity index (χ2v) is 2.30. The molecule has 1 heterocycles. The van der Waals surface area contributed by atoms with Crippen molar-refractivity contribution >= 4 is 0 Å². The molecule has 2 rings (SSSR count). The zero-order valence-corrected chi connectivity index (χ0v) is 8.49. The molecule has 0 saturated carbocycles. The zero-order valence-electron chi connectivity index (χ0n) is 6.49. The van der Waals surface area contributed by atoms with Gasteiger partial charge in [-0.3, -0.25) is 0 Å². The van der Waals surface area contributed by atoms with E-state index < -0.39 is 0 Å². The summed E-state index contributed by atoms with van der Waals surface area (Å²) in [5.41, 5.74) is 1.27. The van der Waals surface area contributed by atoms with E-state index in [1.807, 2.05) is 24.3 Å². The molecule has 12 heavy (non-hydrogen) atoms. The van der Waals surface area contributed by atoms with Crippen molar-refractivity contribution < 1.29 is 25.8 Å². The summed E-state index contributed by atoms with van der Waals surface area (Å²) >= 11 is 0.